The van der Waals surface area contributed by atoms with Gasteiger partial charge in [-0.05, 0) is 39.0 Å². The molecule has 114 valence electrons. The summed E-state index contributed by atoms with van der Waals surface area (Å²) in [4.78, 5) is 9.36. The van der Waals surface area contributed by atoms with Crippen LogP contribution in [0.1, 0.15) is 62.7 Å². The first-order chi connectivity index (χ1) is 10.1. The Morgan fingerprint density at radius 3 is 2.86 bits per heavy atom. The molecule has 2 atom stereocenters. The molecule has 1 unspecified atom stereocenters. The van der Waals surface area contributed by atoms with Crippen LogP contribution in [0, 0.1) is 6.92 Å². The summed E-state index contributed by atoms with van der Waals surface area (Å²) >= 11 is 0. The number of hydrogen-bond acceptors (Lipinski definition) is 4. The third kappa shape index (κ3) is 2.46. The number of aryl methyl sites for hydroxylation is 2. The minimum absolute atomic E-state index is 0.111. The molecule has 0 amide bonds. The fourth-order valence-corrected chi connectivity index (χ4v) is 3.98. The zero-order chi connectivity index (χ0) is 15.0. The topological polar surface area (TPSA) is 58.0 Å². The van der Waals surface area contributed by atoms with E-state index in [1.807, 2.05) is 13.0 Å². The van der Waals surface area contributed by atoms with Crippen molar-refractivity contribution in [3.63, 3.8) is 0 Å². The Hall–Kier alpha value is -1.42. The third-order valence-corrected chi connectivity index (χ3v) is 5.00. The first-order valence-electron chi connectivity index (χ1n) is 8.05. The average molecular weight is 287 g/mol. The van der Waals surface area contributed by atoms with Gasteiger partial charge in [0.2, 0.25) is 0 Å². The lowest BCUT2D eigenvalue weighted by molar-refractivity contribution is 0.306. The molecule has 1 saturated carbocycles. The molecule has 0 radical (unpaired) electrons. The predicted molar refractivity (Wildman–Crippen MR) is 84.6 cm³/mol. The molecule has 1 fully saturated rings. The second kappa shape index (κ2) is 5.41. The SMILES string of the molecule is CCc1nc(C)nc2c1N[C@]1(CC)C/C(=C\CO)CC2C1. The van der Waals surface area contributed by atoms with E-state index in [-0.39, 0.29) is 12.1 Å². The van der Waals surface area contributed by atoms with E-state index in [0.29, 0.717) is 5.92 Å². The Balaban J connectivity index is 2.10. The van der Waals surface area contributed by atoms with Gasteiger partial charge in [-0.15, -0.1) is 0 Å². The fraction of sp³-hybridized carbons (Fsp3) is 0.647. The van der Waals surface area contributed by atoms with Gasteiger partial charge in [0, 0.05) is 11.5 Å². The highest BCUT2D eigenvalue weighted by Gasteiger charge is 2.43. The first kappa shape index (κ1) is 14.5. The number of nitrogens with one attached hydrogen (secondary N) is 1. The van der Waals surface area contributed by atoms with Gasteiger partial charge < -0.3 is 10.4 Å². The van der Waals surface area contributed by atoms with Gasteiger partial charge in [-0.25, -0.2) is 9.97 Å². The Morgan fingerprint density at radius 2 is 2.19 bits per heavy atom. The molecule has 0 saturated heterocycles. The molecule has 1 aromatic rings. The Labute approximate surface area is 126 Å². The lowest BCUT2D eigenvalue weighted by Crippen LogP contribution is -2.47. The molecule has 1 aliphatic heterocycles. The average Bonchev–Trinajstić information content (AvgIpc) is 2.48. The molecule has 0 spiro atoms. The number of nitrogens with zero attached hydrogens (tertiary/aromatic N) is 2. The van der Waals surface area contributed by atoms with Gasteiger partial charge in [0.25, 0.3) is 0 Å². The molecule has 2 heterocycles. The second-order valence-corrected chi connectivity index (χ2v) is 6.42. The van der Waals surface area contributed by atoms with Crippen LogP contribution in [-0.2, 0) is 6.42 Å². The molecular weight excluding hydrogens is 262 g/mol. The maximum atomic E-state index is 9.24. The standard InChI is InChI=1S/C17H25N3O/c1-4-14-16-15(19-11(3)18-14)13-8-12(6-7-21)9-17(5-2,10-13)20-16/h6,13,20-21H,4-5,7-10H2,1-3H3/b12-6-/t13?,17-/m1/s1. The van der Waals surface area contributed by atoms with Crippen molar-refractivity contribution in [1.82, 2.24) is 9.97 Å². The molecule has 3 rings (SSSR count). The van der Waals surface area contributed by atoms with Gasteiger partial charge in [0.1, 0.15) is 5.82 Å². The van der Waals surface area contributed by atoms with E-state index in [9.17, 15) is 5.11 Å². The van der Waals surface area contributed by atoms with Crippen LogP contribution in [0.5, 0.6) is 0 Å². The van der Waals surface area contributed by atoms with Crippen molar-refractivity contribution in [3.8, 4) is 0 Å². The molecule has 1 aromatic heterocycles. The van der Waals surface area contributed by atoms with Gasteiger partial charge in [-0.3, -0.25) is 0 Å². The summed E-state index contributed by atoms with van der Waals surface area (Å²) in [6.07, 6.45) is 7.19. The van der Waals surface area contributed by atoms with Crippen molar-refractivity contribution < 1.29 is 5.11 Å². The van der Waals surface area contributed by atoms with Crippen LogP contribution in [0.25, 0.3) is 0 Å². The van der Waals surface area contributed by atoms with Crippen LogP contribution in [0.15, 0.2) is 11.6 Å². The number of aliphatic hydroxyl groups is 1. The summed E-state index contributed by atoms with van der Waals surface area (Å²) in [5.41, 5.74) is 4.99. The van der Waals surface area contributed by atoms with E-state index in [1.54, 1.807) is 0 Å². The first-order valence-corrected chi connectivity index (χ1v) is 8.05. The molecule has 4 nitrogen and oxygen atoms in total. The van der Waals surface area contributed by atoms with Crippen LogP contribution < -0.4 is 5.32 Å². The highest BCUT2D eigenvalue weighted by Crippen LogP contribution is 2.50. The van der Waals surface area contributed by atoms with Gasteiger partial charge in [0.15, 0.2) is 0 Å². The third-order valence-electron chi connectivity index (χ3n) is 5.00. The molecule has 2 aliphatic rings. The quantitative estimate of drug-likeness (QED) is 0.839. The Morgan fingerprint density at radius 1 is 1.38 bits per heavy atom. The van der Waals surface area contributed by atoms with E-state index < -0.39 is 0 Å². The number of aliphatic hydroxyl groups excluding tert-OH is 1. The second-order valence-electron chi connectivity index (χ2n) is 6.42. The van der Waals surface area contributed by atoms with Crippen LogP contribution in [-0.4, -0.2) is 27.2 Å². The normalized spacial score (nSPS) is 29.1. The highest BCUT2D eigenvalue weighted by molar-refractivity contribution is 5.59. The largest absolute Gasteiger partial charge is 0.392 e. The number of aromatic nitrogens is 2. The van der Waals surface area contributed by atoms with Crippen molar-refractivity contribution >= 4 is 5.69 Å². The fourth-order valence-electron chi connectivity index (χ4n) is 3.98. The maximum Gasteiger partial charge on any atom is 0.125 e. The predicted octanol–water partition coefficient (Wildman–Crippen LogP) is 3.11. The lowest BCUT2D eigenvalue weighted by Gasteiger charge is -2.48. The number of rotatable bonds is 3. The smallest absolute Gasteiger partial charge is 0.125 e. The summed E-state index contributed by atoms with van der Waals surface area (Å²) in [6.45, 7) is 6.52. The monoisotopic (exact) mass is 287 g/mol. The highest BCUT2D eigenvalue weighted by atomic mass is 16.2. The van der Waals surface area contributed by atoms with Crippen LogP contribution in [0.3, 0.4) is 0 Å². The van der Waals surface area contributed by atoms with Gasteiger partial charge >= 0.3 is 0 Å². The Bertz CT molecular complexity index is 582. The summed E-state index contributed by atoms with van der Waals surface area (Å²) in [5, 5.41) is 13.0. The van der Waals surface area contributed by atoms with E-state index in [4.69, 9.17) is 4.98 Å². The molecule has 4 heteroatoms. The van der Waals surface area contributed by atoms with Crippen molar-refractivity contribution in [3.05, 3.63) is 28.9 Å². The summed E-state index contributed by atoms with van der Waals surface area (Å²) in [6, 6.07) is 0. The molecule has 2 N–H and O–H groups in total. The number of anilines is 1. The number of fused-ring (bicyclic) bond motifs is 4. The maximum absolute atomic E-state index is 9.24. The zero-order valence-corrected chi connectivity index (χ0v) is 13.2. The van der Waals surface area contributed by atoms with E-state index in [0.717, 1.165) is 43.6 Å². The molecule has 21 heavy (non-hydrogen) atoms. The van der Waals surface area contributed by atoms with Gasteiger partial charge in [-0.2, -0.15) is 0 Å². The Kier molecular flexibility index (Phi) is 3.74. The summed E-state index contributed by atoms with van der Waals surface area (Å²) in [7, 11) is 0. The summed E-state index contributed by atoms with van der Waals surface area (Å²) < 4.78 is 0. The zero-order valence-electron chi connectivity index (χ0n) is 13.2. The minimum atomic E-state index is 0.111. The molecule has 0 aromatic carbocycles. The van der Waals surface area contributed by atoms with Crippen LogP contribution in [0.2, 0.25) is 0 Å². The molecule has 1 aliphatic carbocycles. The molecule has 2 bridgehead atoms. The van der Waals surface area contributed by atoms with Crippen LogP contribution in [0.4, 0.5) is 5.69 Å². The minimum Gasteiger partial charge on any atom is -0.392 e. The van der Waals surface area contributed by atoms with E-state index in [1.165, 1.54) is 17.0 Å². The van der Waals surface area contributed by atoms with E-state index >= 15 is 0 Å². The molecular formula is C17H25N3O. The number of hydrogen-bond donors (Lipinski definition) is 2. The van der Waals surface area contributed by atoms with Crippen molar-refractivity contribution in [2.45, 2.75) is 64.3 Å². The lowest BCUT2D eigenvalue weighted by atomic mass is 9.68. The van der Waals surface area contributed by atoms with Crippen LogP contribution >= 0.6 is 0 Å². The van der Waals surface area contributed by atoms with Gasteiger partial charge in [0.05, 0.1) is 23.7 Å². The van der Waals surface area contributed by atoms with Crippen molar-refractivity contribution in [1.29, 1.82) is 0 Å². The van der Waals surface area contributed by atoms with E-state index in [2.05, 4.69) is 24.1 Å². The van der Waals surface area contributed by atoms with Gasteiger partial charge in [-0.1, -0.05) is 25.5 Å². The summed E-state index contributed by atoms with van der Waals surface area (Å²) in [5.74, 6) is 1.33. The van der Waals surface area contributed by atoms with Crippen molar-refractivity contribution in [2.24, 2.45) is 0 Å². The van der Waals surface area contributed by atoms with Crippen molar-refractivity contribution in [2.75, 3.05) is 11.9 Å².